The molecule has 0 amide bonds. The fourth-order valence-corrected chi connectivity index (χ4v) is 10.0. The van der Waals surface area contributed by atoms with Crippen LogP contribution in [0.3, 0.4) is 0 Å². The van der Waals surface area contributed by atoms with Crippen LogP contribution in [-0.2, 0) is 0 Å². The maximum Gasteiger partial charge on any atom is 0.143 e. The predicted molar refractivity (Wildman–Crippen MR) is 259 cm³/mol. The minimum absolute atomic E-state index is 0.0127. The Kier molecular flexibility index (Phi) is 7.70. The van der Waals surface area contributed by atoms with Gasteiger partial charge in [0.1, 0.15) is 22.3 Å². The summed E-state index contributed by atoms with van der Waals surface area (Å²) in [6.45, 7) is 0. The molecule has 1 aliphatic rings. The highest BCUT2D eigenvalue weighted by Crippen LogP contribution is 2.44. The molecule has 4 nitrogen and oxygen atoms in total. The molecule has 292 valence electrons. The van der Waals surface area contributed by atoms with Crippen LogP contribution in [0.1, 0.15) is 6.42 Å². The summed E-state index contributed by atoms with van der Waals surface area (Å²) >= 11 is 0. The number of allylic oxidation sites excluding steroid dienone is 2. The Morgan fingerprint density at radius 3 is 1.94 bits per heavy atom. The van der Waals surface area contributed by atoms with Gasteiger partial charge in [0.25, 0.3) is 0 Å². The molecule has 4 heteroatoms. The first-order valence-electron chi connectivity index (χ1n) is 21.3. The topological polar surface area (TPSA) is 34.5 Å². The SMILES string of the molecule is C1=CC(N(c2ccc(-c3ccc4c(c3)oc3ccccc34)cc2)c2ccccc2-c2ccc3oc4c5ccccc5ccc4c3c2)CC(n2c3ccccc3c3ccccc32)=C1. The summed E-state index contributed by atoms with van der Waals surface area (Å²) < 4.78 is 15.3. The van der Waals surface area contributed by atoms with Gasteiger partial charge in [-0.15, -0.1) is 0 Å². The Balaban J connectivity index is 0.948. The van der Waals surface area contributed by atoms with E-state index >= 15 is 0 Å². The first-order valence-corrected chi connectivity index (χ1v) is 21.3. The summed E-state index contributed by atoms with van der Waals surface area (Å²) in [6.07, 6.45) is 7.69. The van der Waals surface area contributed by atoms with Crippen molar-refractivity contribution < 1.29 is 8.83 Å². The van der Waals surface area contributed by atoms with Crippen molar-refractivity contribution in [2.45, 2.75) is 12.5 Å². The molecule has 12 aromatic rings. The van der Waals surface area contributed by atoms with Gasteiger partial charge < -0.3 is 18.3 Å². The fourth-order valence-electron chi connectivity index (χ4n) is 10.0. The molecule has 0 aliphatic heterocycles. The molecule has 13 rings (SSSR count). The lowest BCUT2D eigenvalue weighted by Crippen LogP contribution is -2.31. The smallest absolute Gasteiger partial charge is 0.143 e. The van der Waals surface area contributed by atoms with E-state index in [1.54, 1.807) is 0 Å². The molecule has 0 saturated heterocycles. The Labute approximate surface area is 357 Å². The van der Waals surface area contributed by atoms with Crippen molar-refractivity contribution in [1.29, 1.82) is 0 Å². The van der Waals surface area contributed by atoms with E-state index in [0.717, 1.165) is 89.3 Å². The van der Waals surface area contributed by atoms with Gasteiger partial charge in [-0.25, -0.2) is 0 Å². The quantitative estimate of drug-likeness (QED) is 0.168. The van der Waals surface area contributed by atoms with E-state index in [9.17, 15) is 0 Å². The highest BCUT2D eigenvalue weighted by molar-refractivity contribution is 6.16. The molecule has 0 saturated carbocycles. The largest absolute Gasteiger partial charge is 0.456 e. The van der Waals surface area contributed by atoms with E-state index in [-0.39, 0.29) is 6.04 Å². The third-order valence-electron chi connectivity index (χ3n) is 12.9. The van der Waals surface area contributed by atoms with Gasteiger partial charge in [-0.3, -0.25) is 0 Å². The van der Waals surface area contributed by atoms with Crippen molar-refractivity contribution in [2.75, 3.05) is 4.90 Å². The Bertz CT molecular complexity index is 3750. The fraction of sp³-hybridized carbons (Fsp3) is 0.0345. The molecule has 9 aromatic carbocycles. The Morgan fingerprint density at radius 1 is 0.452 bits per heavy atom. The van der Waals surface area contributed by atoms with Gasteiger partial charge in [-0.05, 0) is 94.9 Å². The van der Waals surface area contributed by atoms with Crippen LogP contribution in [0.5, 0.6) is 0 Å². The zero-order valence-electron chi connectivity index (χ0n) is 33.7. The summed E-state index contributed by atoms with van der Waals surface area (Å²) in [5, 5.41) is 9.36. The summed E-state index contributed by atoms with van der Waals surface area (Å²) in [6, 6.07) is 69.8. The minimum atomic E-state index is 0.0127. The van der Waals surface area contributed by atoms with Crippen molar-refractivity contribution in [2.24, 2.45) is 0 Å². The van der Waals surface area contributed by atoms with E-state index < -0.39 is 0 Å². The summed E-state index contributed by atoms with van der Waals surface area (Å²) in [4.78, 5) is 2.53. The number of nitrogens with zero attached hydrogens (tertiary/aromatic N) is 2. The van der Waals surface area contributed by atoms with E-state index in [1.807, 2.05) is 12.1 Å². The normalized spacial score (nSPS) is 14.3. The lowest BCUT2D eigenvalue weighted by Gasteiger charge is -2.36. The van der Waals surface area contributed by atoms with Crippen molar-refractivity contribution in [3.05, 3.63) is 212 Å². The maximum absolute atomic E-state index is 6.56. The Hall–Kier alpha value is -8.08. The second kappa shape index (κ2) is 13.7. The highest BCUT2D eigenvalue weighted by Gasteiger charge is 2.27. The molecule has 1 aliphatic carbocycles. The van der Waals surface area contributed by atoms with E-state index in [1.165, 1.54) is 32.9 Å². The molecular weight excluding hydrogens is 757 g/mol. The van der Waals surface area contributed by atoms with Gasteiger partial charge in [0.05, 0.1) is 17.1 Å². The second-order valence-electron chi connectivity index (χ2n) is 16.4. The van der Waals surface area contributed by atoms with Crippen LogP contribution in [-0.4, -0.2) is 10.6 Å². The van der Waals surface area contributed by atoms with Crippen molar-refractivity contribution in [3.8, 4) is 22.3 Å². The number of aromatic nitrogens is 1. The number of hydrogen-bond acceptors (Lipinski definition) is 3. The first kappa shape index (κ1) is 34.8. The third kappa shape index (κ3) is 5.40. The van der Waals surface area contributed by atoms with Crippen LogP contribution in [0, 0.1) is 0 Å². The zero-order chi connectivity index (χ0) is 40.7. The highest BCUT2D eigenvalue weighted by atomic mass is 16.3. The molecule has 1 atom stereocenters. The minimum Gasteiger partial charge on any atom is -0.456 e. The number of fused-ring (bicyclic) bond motifs is 11. The average molecular weight is 795 g/mol. The molecule has 62 heavy (non-hydrogen) atoms. The maximum atomic E-state index is 6.56. The molecule has 1 unspecified atom stereocenters. The number of rotatable bonds is 6. The predicted octanol–water partition coefficient (Wildman–Crippen LogP) is 16.1. The second-order valence-corrected chi connectivity index (χ2v) is 16.4. The number of anilines is 2. The van der Waals surface area contributed by atoms with Crippen LogP contribution < -0.4 is 4.90 Å². The van der Waals surface area contributed by atoms with E-state index in [4.69, 9.17) is 8.83 Å². The molecule has 3 heterocycles. The lowest BCUT2D eigenvalue weighted by molar-refractivity contribution is 0.669. The zero-order valence-corrected chi connectivity index (χ0v) is 33.7. The van der Waals surface area contributed by atoms with Gasteiger partial charge in [0, 0.05) is 66.8 Å². The molecular formula is C58H38N2O2. The molecule has 0 radical (unpaired) electrons. The lowest BCUT2D eigenvalue weighted by atomic mass is 9.96. The molecule has 0 spiro atoms. The van der Waals surface area contributed by atoms with Crippen LogP contribution in [0.25, 0.3) is 104 Å². The third-order valence-corrected chi connectivity index (χ3v) is 12.9. The number of furan rings is 2. The summed E-state index contributed by atoms with van der Waals surface area (Å²) in [7, 11) is 0. The average Bonchev–Trinajstić information content (AvgIpc) is 4.01. The summed E-state index contributed by atoms with van der Waals surface area (Å²) in [5.41, 5.74) is 14.1. The number of hydrogen-bond donors (Lipinski definition) is 0. The van der Waals surface area contributed by atoms with Crippen molar-refractivity contribution >= 4 is 93.5 Å². The van der Waals surface area contributed by atoms with Gasteiger partial charge in [0.15, 0.2) is 0 Å². The van der Waals surface area contributed by atoms with Crippen molar-refractivity contribution in [3.63, 3.8) is 0 Å². The van der Waals surface area contributed by atoms with Gasteiger partial charge >= 0.3 is 0 Å². The van der Waals surface area contributed by atoms with Crippen LogP contribution in [0.4, 0.5) is 11.4 Å². The standard InChI is InChI=1S/C58H38N2O2/c1-2-16-45-38(12-1)26-32-50-51-34-40(28-33-56(51)62-58(45)50)44-15-3-7-20-52(44)59(41-29-24-37(25-30-41)39-27-31-49-48-19-6-10-23-55(48)61-57(49)35-39)42-13-11-14-43(36-42)60-53-21-8-4-17-46(53)47-18-5-9-22-54(47)60/h1-35,42H,36H2. The number of benzene rings is 9. The monoisotopic (exact) mass is 794 g/mol. The van der Waals surface area contributed by atoms with Crippen LogP contribution in [0.15, 0.2) is 221 Å². The first-order chi connectivity index (χ1) is 30.7. The van der Waals surface area contributed by atoms with Crippen LogP contribution in [0.2, 0.25) is 0 Å². The van der Waals surface area contributed by atoms with Gasteiger partial charge in [0.2, 0.25) is 0 Å². The number of para-hydroxylation sites is 4. The van der Waals surface area contributed by atoms with E-state index in [2.05, 4.69) is 210 Å². The van der Waals surface area contributed by atoms with Crippen molar-refractivity contribution in [1.82, 2.24) is 4.57 Å². The molecule has 0 fully saturated rings. The van der Waals surface area contributed by atoms with E-state index in [0.29, 0.717) is 0 Å². The Morgan fingerprint density at radius 2 is 1.10 bits per heavy atom. The molecule has 0 bridgehead atoms. The van der Waals surface area contributed by atoms with Gasteiger partial charge in [-0.1, -0.05) is 140 Å². The summed E-state index contributed by atoms with van der Waals surface area (Å²) in [5.74, 6) is 0. The van der Waals surface area contributed by atoms with Crippen LogP contribution >= 0.6 is 0 Å². The molecule has 0 N–H and O–H groups in total. The molecule has 3 aromatic heterocycles. The van der Waals surface area contributed by atoms with Gasteiger partial charge in [-0.2, -0.15) is 0 Å².